The van der Waals surface area contributed by atoms with Crippen LogP contribution in [0.5, 0.6) is 11.5 Å². The highest BCUT2D eigenvalue weighted by molar-refractivity contribution is 5.79. The van der Waals surface area contributed by atoms with Gasteiger partial charge in [0.15, 0.2) is 17.5 Å². The van der Waals surface area contributed by atoms with Gasteiger partial charge in [0.1, 0.15) is 0 Å². The number of ether oxygens (including phenoxy) is 2. The van der Waals surface area contributed by atoms with Crippen molar-refractivity contribution in [3.8, 4) is 11.5 Å². The minimum Gasteiger partial charge on any atom is -0.493 e. The first kappa shape index (κ1) is 18.6. The van der Waals surface area contributed by atoms with Crippen molar-refractivity contribution in [2.75, 3.05) is 27.8 Å². The minimum atomic E-state index is 0.430. The molecule has 0 fully saturated rings. The van der Waals surface area contributed by atoms with Crippen LogP contribution >= 0.6 is 0 Å². The van der Waals surface area contributed by atoms with Gasteiger partial charge in [-0.05, 0) is 29.7 Å². The van der Waals surface area contributed by atoms with E-state index in [1.165, 1.54) is 0 Å². The smallest absolute Gasteiger partial charge is 0.191 e. The molecule has 136 valence electrons. The summed E-state index contributed by atoms with van der Waals surface area (Å²) in [6, 6.07) is 7.80. The topological polar surface area (TPSA) is 72.7 Å². The molecule has 0 aliphatic carbocycles. The zero-order chi connectivity index (χ0) is 18.1. The molecule has 0 bridgehead atoms. The molecule has 1 unspecified atom stereocenters. The first-order chi connectivity index (χ1) is 12.2. The van der Waals surface area contributed by atoms with Crippen molar-refractivity contribution >= 4 is 5.96 Å². The van der Waals surface area contributed by atoms with Gasteiger partial charge in [0.25, 0.3) is 0 Å². The summed E-state index contributed by atoms with van der Waals surface area (Å²) >= 11 is 0. The number of nitrogens with one attached hydrogen (secondary N) is 2. The number of guanidine groups is 1. The molecule has 2 rings (SSSR count). The normalized spacial score (nSPS) is 12.6. The number of rotatable bonds is 8. The predicted molar refractivity (Wildman–Crippen MR) is 99.1 cm³/mol. The number of aromatic nitrogens is 2. The molecule has 1 heterocycles. The number of aliphatic imine (C=N–C) groups is 1. The second kappa shape index (κ2) is 9.56. The van der Waals surface area contributed by atoms with Gasteiger partial charge in [-0.15, -0.1) is 0 Å². The Morgan fingerprint density at radius 2 is 2.04 bits per heavy atom. The van der Waals surface area contributed by atoms with E-state index in [-0.39, 0.29) is 0 Å². The number of hydrogen-bond acceptors (Lipinski definition) is 4. The quantitative estimate of drug-likeness (QED) is 0.565. The van der Waals surface area contributed by atoms with Gasteiger partial charge in [-0.25, -0.2) is 0 Å². The molecule has 1 aromatic carbocycles. The Morgan fingerprint density at radius 1 is 1.24 bits per heavy atom. The van der Waals surface area contributed by atoms with Crippen molar-refractivity contribution in [2.24, 2.45) is 10.9 Å². The molecule has 0 radical (unpaired) electrons. The summed E-state index contributed by atoms with van der Waals surface area (Å²) in [5.41, 5.74) is 1.09. The number of methoxy groups -OCH3 is 2. The Bertz CT molecular complexity index is 670. The van der Waals surface area contributed by atoms with Gasteiger partial charge in [0, 0.05) is 39.1 Å². The largest absolute Gasteiger partial charge is 0.493 e. The molecule has 7 heteroatoms. The molecule has 0 amide bonds. The fraction of sp³-hybridized carbons (Fsp3) is 0.444. The van der Waals surface area contributed by atoms with E-state index in [1.807, 2.05) is 35.1 Å². The van der Waals surface area contributed by atoms with E-state index in [9.17, 15) is 0 Å². The van der Waals surface area contributed by atoms with Crippen molar-refractivity contribution in [3.05, 3.63) is 42.2 Å². The Morgan fingerprint density at radius 3 is 2.68 bits per heavy atom. The second-order valence-corrected chi connectivity index (χ2v) is 5.83. The minimum absolute atomic E-state index is 0.430. The Balaban J connectivity index is 1.82. The molecule has 0 saturated carbocycles. The Labute approximate surface area is 149 Å². The average molecular weight is 345 g/mol. The van der Waals surface area contributed by atoms with E-state index >= 15 is 0 Å². The Kier molecular flexibility index (Phi) is 7.13. The summed E-state index contributed by atoms with van der Waals surface area (Å²) in [5.74, 6) is 2.64. The van der Waals surface area contributed by atoms with Crippen molar-refractivity contribution in [3.63, 3.8) is 0 Å². The van der Waals surface area contributed by atoms with Crippen molar-refractivity contribution in [1.82, 2.24) is 20.4 Å². The molecule has 0 aliphatic rings. The molecule has 2 N–H and O–H groups in total. The molecule has 0 aliphatic heterocycles. The van der Waals surface area contributed by atoms with Crippen LogP contribution in [0.2, 0.25) is 0 Å². The molecule has 2 aromatic rings. The maximum atomic E-state index is 5.33. The van der Waals surface area contributed by atoms with E-state index < -0.39 is 0 Å². The third-order valence-electron chi connectivity index (χ3n) is 3.81. The SMILES string of the molecule is CN=C(NCc1ccc(OC)c(OC)c1)NCC(C)Cn1cccn1. The van der Waals surface area contributed by atoms with Crippen LogP contribution in [0.3, 0.4) is 0 Å². The van der Waals surface area contributed by atoms with Crippen molar-refractivity contribution in [1.29, 1.82) is 0 Å². The van der Waals surface area contributed by atoms with Crippen molar-refractivity contribution < 1.29 is 9.47 Å². The van der Waals surface area contributed by atoms with Gasteiger partial charge in [-0.1, -0.05) is 13.0 Å². The van der Waals surface area contributed by atoms with E-state index in [0.29, 0.717) is 12.5 Å². The summed E-state index contributed by atoms with van der Waals surface area (Å²) in [6.45, 7) is 4.50. The molecular formula is C18H27N5O2. The van der Waals surface area contributed by atoms with Crippen molar-refractivity contribution in [2.45, 2.75) is 20.0 Å². The monoisotopic (exact) mass is 345 g/mol. The number of benzene rings is 1. The van der Waals surface area contributed by atoms with Crippen LogP contribution < -0.4 is 20.1 Å². The van der Waals surface area contributed by atoms with Crippen LogP contribution in [0.15, 0.2) is 41.7 Å². The summed E-state index contributed by atoms with van der Waals surface area (Å²) in [6.07, 6.45) is 3.77. The number of hydrogen-bond donors (Lipinski definition) is 2. The molecule has 25 heavy (non-hydrogen) atoms. The maximum absolute atomic E-state index is 5.33. The zero-order valence-electron chi connectivity index (χ0n) is 15.3. The molecule has 0 spiro atoms. The van der Waals surface area contributed by atoms with Gasteiger partial charge < -0.3 is 20.1 Å². The maximum Gasteiger partial charge on any atom is 0.191 e. The zero-order valence-corrected chi connectivity index (χ0v) is 15.3. The first-order valence-electron chi connectivity index (χ1n) is 8.29. The van der Waals surface area contributed by atoms with Gasteiger partial charge in [-0.3, -0.25) is 9.67 Å². The van der Waals surface area contributed by atoms with Crippen LogP contribution in [0, 0.1) is 5.92 Å². The fourth-order valence-electron chi connectivity index (χ4n) is 2.46. The lowest BCUT2D eigenvalue weighted by Crippen LogP contribution is -2.39. The lowest BCUT2D eigenvalue weighted by atomic mass is 10.2. The standard InChI is InChI=1S/C18H27N5O2/c1-14(13-23-9-5-8-22-23)11-20-18(19-2)21-12-15-6-7-16(24-3)17(10-15)25-4/h5-10,14H,11-13H2,1-4H3,(H2,19,20,21). The first-order valence-corrected chi connectivity index (χ1v) is 8.29. The molecule has 1 aromatic heterocycles. The van der Waals surface area contributed by atoms with Crippen LogP contribution in [-0.4, -0.2) is 43.6 Å². The second-order valence-electron chi connectivity index (χ2n) is 5.83. The summed E-state index contributed by atoms with van der Waals surface area (Å²) in [5, 5.41) is 10.9. The fourth-order valence-corrected chi connectivity index (χ4v) is 2.46. The highest BCUT2D eigenvalue weighted by atomic mass is 16.5. The predicted octanol–water partition coefficient (Wildman–Crippen LogP) is 1.90. The lowest BCUT2D eigenvalue weighted by molar-refractivity contribution is 0.354. The molecule has 1 atom stereocenters. The van der Waals surface area contributed by atoms with Crippen LogP contribution in [0.1, 0.15) is 12.5 Å². The lowest BCUT2D eigenvalue weighted by Gasteiger charge is -2.16. The summed E-state index contributed by atoms with van der Waals surface area (Å²) in [7, 11) is 5.03. The van der Waals surface area contributed by atoms with Gasteiger partial charge in [0.2, 0.25) is 0 Å². The molecule has 7 nitrogen and oxygen atoms in total. The van der Waals surface area contributed by atoms with E-state index in [2.05, 4.69) is 27.6 Å². The van der Waals surface area contributed by atoms with Gasteiger partial charge >= 0.3 is 0 Å². The van der Waals surface area contributed by atoms with E-state index in [4.69, 9.17) is 9.47 Å². The van der Waals surface area contributed by atoms with E-state index in [0.717, 1.165) is 36.1 Å². The number of nitrogens with zero attached hydrogens (tertiary/aromatic N) is 3. The van der Waals surface area contributed by atoms with Gasteiger partial charge in [0.05, 0.1) is 14.2 Å². The molecular weight excluding hydrogens is 318 g/mol. The van der Waals surface area contributed by atoms with Crippen LogP contribution in [0.25, 0.3) is 0 Å². The third kappa shape index (κ3) is 5.70. The van der Waals surface area contributed by atoms with Crippen LogP contribution in [-0.2, 0) is 13.1 Å². The van der Waals surface area contributed by atoms with E-state index in [1.54, 1.807) is 27.5 Å². The van der Waals surface area contributed by atoms with Gasteiger partial charge in [-0.2, -0.15) is 5.10 Å². The highest BCUT2D eigenvalue weighted by Gasteiger charge is 2.07. The Hall–Kier alpha value is -2.70. The average Bonchev–Trinajstić information content (AvgIpc) is 3.14. The third-order valence-corrected chi connectivity index (χ3v) is 3.81. The summed E-state index contributed by atoms with van der Waals surface area (Å²) in [4.78, 5) is 4.26. The summed E-state index contributed by atoms with van der Waals surface area (Å²) < 4.78 is 12.5. The molecule has 0 saturated heterocycles. The van der Waals surface area contributed by atoms with Crippen LogP contribution in [0.4, 0.5) is 0 Å². The highest BCUT2D eigenvalue weighted by Crippen LogP contribution is 2.27.